The zero-order chi connectivity index (χ0) is 15.2. The summed E-state index contributed by atoms with van der Waals surface area (Å²) >= 11 is 6.04. The van der Waals surface area contributed by atoms with Crippen LogP contribution in [-0.2, 0) is 12.8 Å². The second-order valence-electron chi connectivity index (χ2n) is 5.06. The highest BCUT2D eigenvalue weighted by Crippen LogP contribution is 2.26. The number of ether oxygens (including phenoxy) is 1. The van der Waals surface area contributed by atoms with E-state index in [9.17, 15) is 4.39 Å². The quantitative estimate of drug-likeness (QED) is 0.880. The lowest BCUT2D eigenvalue weighted by molar-refractivity contribution is 0.403. The van der Waals surface area contributed by atoms with Gasteiger partial charge in [-0.05, 0) is 60.7 Å². The molecule has 0 heterocycles. The van der Waals surface area contributed by atoms with E-state index in [1.807, 2.05) is 18.2 Å². The summed E-state index contributed by atoms with van der Waals surface area (Å²) in [6.07, 6.45) is 1.30. The van der Waals surface area contributed by atoms with E-state index >= 15 is 0 Å². The molecule has 4 heteroatoms. The van der Waals surface area contributed by atoms with Crippen LogP contribution in [0.2, 0.25) is 5.02 Å². The number of hydrogen-bond donors (Lipinski definition) is 1. The second kappa shape index (κ2) is 7.43. The maximum absolute atomic E-state index is 13.7. The maximum Gasteiger partial charge on any atom is 0.126 e. The predicted octanol–water partition coefficient (Wildman–Crippen LogP) is 3.85. The Morgan fingerprint density at radius 1 is 1.14 bits per heavy atom. The van der Waals surface area contributed by atoms with Crippen molar-refractivity contribution in [3.05, 3.63) is 64.4 Å². The molecule has 0 aromatic heterocycles. The molecular weight excluding hydrogens is 289 g/mol. The Labute approximate surface area is 129 Å². The van der Waals surface area contributed by atoms with Gasteiger partial charge in [0.25, 0.3) is 0 Å². The Morgan fingerprint density at radius 2 is 1.86 bits per heavy atom. The van der Waals surface area contributed by atoms with E-state index < -0.39 is 0 Å². The summed E-state index contributed by atoms with van der Waals surface area (Å²) in [6.45, 7) is 0.476. The van der Waals surface area contributed by atoms with Gasteiger partial charge in [-0.1, -0.05) is 29.8 Å². The summed E-state index contributed by atoms with van der Waals surface area (Å²) in [5.74, 6) is 0.731. The van der Waals surface area contributed by atoms with Gasteiger partial charge in [0.2, 0.25) is 0 Å². The van der Waals surface area contributed by atoms with Crippen molar-refractivity contribution in [3.63, 3.8) is 0 Å². The van der Waals surface area contributed by atoms with E-state index in [0.717, 1.165) is 11.3 Å². The molecule has 0 aliphatic carbocycles. The van der Waals surface area contributed by atoms with E-state index in [0.29, 0.717) is 30.0 Å². The van der Waals surface area contributed by atoms with Gasteiger partial charge in [0, 0.05) is 5.02 Å². The van der Waals surface area contributed by atoms with Crippen LogP contribution < -0.4 is 10.5 Å². The summed E-state index contributed by atoms with van der Waals surface area (Å²) in [6, 6.07) is 12.3. The van der Waals surface area contributed by atoms with Crippen LogP contribution in [0.3, 0.4) is 0 Å². The minimum Gasteiger partial charge on any atom is -0.496 e. The highest BCUT2D eigenvalue weighted by atomic mass is 35.5. The first-order chi connectivity index (χ1) is 10.1. The Morgan fingerprint density at radius 3 is 2.52 bits per heavy atom. The van der Waals surface area contributed by atoms with Crippen LogP contribution in [-0.4, -0.2) is 13.7 Å². The lowest BCUT2D eigenvalue weighted by Gasteiger charge is -2.17. The van der Waals surface area contributed by atoms with Crippen molar-refractivity contribution in [3.8, 4) is 5.75 Å². The van der Waals surface area contributed by atoms with Crippen molar-refractivity contribution in [2.45, 2.75) is 12.8 Å². The van der Waals surface area contributed by atoms with E-state index in [2.05, 4.69) is 0 Å². The molecule has 2 N–H and O–H groups in total. The number of hydrogen-bond acceptors (Lipinski definition) is 2. The molecule has 2 nitrogen and oxygen atoms in total. The first kappa shape index (κ1) is 15.8. The number of halogens is 2. The lowest BCUT2D eigenvalue weighted by Crippen LogP contribution is -2.20. The molecule has 1 unspecified atom stereocenters. The zero-order valence-corrected chi connectivity index (χ0v) is 12.7. The molecule has 21 heavy (non-hydrogen) atoms. The van der Waals surface area contributed by atoms with E-state index in [4.69, 9.17) is 22.1 Å². The summed E-state index contributed by atoms with van der Waals surface area (Å²) in [5, 5.41) is 0.660. The van der Waals surface area contributed by atoms with Gasteiger partial charge in [-0.3, -0.25) is 0 Å². The van der Waals surface area contributed by atoms with Crippen LogP contribution in [0.15, 0.2) is 42.5 Å². The Bertz CT molecular complexity index is 603. The molecule has 0 fully saturated rings. The number of benzene rings is 2. The van der Waals surface area contributed by atoms with Crippen LogP contribution in [0.25, 0.3) is 0 Å². The smallest absolute Gasteiger partial charge is 0.126 e. The van der Waals surface area contributed by atoms with Gasteiger partial charge < -0.3 is 10.5 Å². The Balaban J connectivity index is 2.16. The third-order valence-electron chi connectivity index (χ3n) is 3.55. The third-order valence-corrected chi connectivity index (χ3v) is 3.79. The molecule has 0 spiro atoms. The molecule has 0 aliphatic rings. The third kappa shape index (κ3) is 4.19. The van der Waals surface area contributed by atoms with Crippen LogP contribution >= 0.6 is 11.6 Å². The van der Waals surface area contributed by atoms with Crippen LogP contribution in [0, 0.1) is 11.7 Å². The molecule has 2 aromatic carbocycles. The van der Waals surface area contributed by atoms with Crippen LogP contribution in [0.5, 0.6) is 5.75 Å². The van der Waals surface area contributed by atoms with Gasteiger partial charge in [0.05, 0.1) is 7.11 Å². The second-order valence-corrected chi connectivity index (χ2v) is 5.49. The van der Waals surface area contributed by atoms with Crippen molar-refractivity contribution in [2.24, 2.45) is 11.7 Å². The topological polar surface area (TPSA) is 35.2 Å². The molecule has 0 amide bonds. The number of rotatable bonds is 6. The summed E-state index contributed by atoms with van der Waals surface area (Å²) in [4.78, 5) is 0. The molecule has 112 valence electrons. The summed E-state index contributed by atoms with van der Waals surface area (Å²) in [7, 11) is 1.63. The molecule has 0 saturated carbocycles. The fourth-order valence-electron chi connectivity index (χ4n) is 2.43. The van der Waals surface area contributed by atoms with E-state index in [1.54, 1.807) is 25.3 Å². The van der Waals surface area contributed by atoms with Crippen molar-refractivity contribution in [2.75, 3.05) is 13.7 Å². The highest BCUT2D eigenvalue weighted by Gasteiger charge is 2.14. The first-order valence-corrected chi connectivity index (χ1v) is 7.27. The summed E-state index contributed by atoms with van der Waals surface area (Å²) < 4.78 is 19.1. The van der Waals surface area contributed by atoms with Crippen molar-refractivity contribution >= 4 is 11.6 Å². The molecule has 1 atom stereocenters. The van der Waals surface area contributed by atoms with E-state index in [-0.39, 0.29) is 11.7 Å². The molecule has 0 aliphatic heterocycles. The minimum atomic E-state index is -0.186. The van der Waals surface area contributed by atoms with Gasteiger partial charge in [-0.25, -0.2) is 4.39 Å². The van der Waals surface area contributed by atoms with Gasteiger partial charge >= 0.3 is 0 Å². The van der Waals surface area contributed by atoms with Crippen LogP contribution in [0.1, 0.15) is 11.1 Å². The molecule has 2 rings (SSSR count). The van der Waals surface area contributed by atoms with Gasteiger partial charge in [-0.2, -0.15) is 0 Å². The van der Waals surface area contributed by atoms with Crippen molar-refractivity contribution in [1.82, 2.24) is 0 Å². The summed E-state index contributed by atoms with van der Waals surface area (Å²) in [5.41, 5.74) is 7.54. The lowest BCUT2D eigenvalue weighted by atomic mass is 9.92. The minimum absolute atomic E-state index is 0.134. The van der Waals surface area contributed by atoms with Gasteiger partial charge in [-0.15, -0.1) is 0 Å². The molecule has 0 radical (unpaired) electrons. The Kier molecular flexibility index (Phi) is 5.59. The molecular formula is C17H19ClFNO. The normalized spacial score (nSPS) is 12.2. The van der Waals surface area contributed by atoms with Crippen molar-refractivity contribution < 1.29 is 9.13 Å². The SMILES string of the molecule is COc1ccc(Cl)cc1CC(CN)Cc1ccccc1F. The average Bonchev–Trinajstić information content (AvgIpc) is 2.49. The first-order valence-electron chi connectivity index (χ1n) is 6.90. The van der Waals surface area contributed by atoms with Gasteiger partial charge in [0.15, 0.2) is 0 Å². The Hall–Kier alpha value is -1.58. The number of nitrogens with two attached hydrogens (primary N) is 1. The fraction of sp³-hybridized carbons (Fsp3) is 0.294. The molecule has 2 aromatic rings. The maximum atomic E-state index is 13.7. The van der Waals surface area contributed by atoms with Crippen LogP contribution in [0.4, 0.5) is 4.39 Å². The standard InChI is InChI=1S/C17H19ClFNO/c1-21-17-7-6-15(18)10-14(17)9-12(11-20)8-13-4-2-3-5-16(13)19/h2-7,10,12H,8-9,11,20H2,1H3. The molecule has 0 bridgehead atoms. The van der Waals surface area contributed by atoms with E-state index in [1.165, 1.54) is 6.07 Å². The number of methoxy groups -OCH3 is 1. The fourth-order valence-corrected chi connectivity index (χ4v) is 2.63. The largest absolute Gasteiger partial charge is 0.496 e. The molecule has 0 saturated heterocycles. The highest BCUT2D eigenvalue weighted by molar-refractivity contribution is 6.30. The zero-order valence-electron chi connectivity index (χ0n) is 12.0. The monoisotopic (exact) mass is 307 g/mol. The average molecular weight is 308 g/mol. The van der Waals surface area contributed by atoms with Crippen molar-refractivity contribution in [1.29, 1.82) is 0 Å². The predicted molar refractivity (Wildman–Crippen MR) is 84.4 cm³/mol. The van der Waals surface area contributed by atoms with Gasteiger partial charge in [0.1, 0.15) is 11.6 Å².